The van der Waals surface area contributed by atoms with Crippen LogP contribution in [0.4, 0.5) is 0 Å². The van der Waals surface area contributed by atoms with Crippen LogP contribution >= 0.6 is 23.2 Å². The summed E-state index contributed by atoms with van der Waals surface area (Å²) in [6.07, 6.45) is 8.43. The van der Waals surface area contributed by atoms with Crippen molar-refractivity contribution < 1.29 is 9.21 Å². The van der Waals surface area contributed by atoms with Gasteiger partial charge in [0, 0.05) is 16.1 Å². The monoisotopic (exact) mass is 381 g/mol. The van der Waals surface area contributed by atoms with E-state index in [1.807, 2.05) is 6.07 Å². The molecule has 5 nitrogen and oxygen atoms in total. The lowest BCUT2D eigenvalue weighted by Gasteiger charge is -2.19. The largest absolute Gasteiger partial charge is 0.417 e. The summed E-state index contributed by atoms with van der Waals surface area (Å²) in [4.78, 5) is 12.3. The van der Waals surface area contributed by atoms with E-state index >= 15 is 0 Å². The Morgan fingerprint density at radius 2 is 1.84 bits per heavy atom. The van der Waals surface area contributed by atoms with Crippen LogP contribution < -0.4 is 5.32 Å². The fourth-order valence-corrected chi connectivity index (χ4v) is 3.57. The van der Waals surface area contributed by atoms with Crippen molar-refractivity contribution in [3.05, 3.63) is 45.6 Å². The van der Waals surface area contributed by atoms with Gasteiger partial charge in [-0.15, -0.1) is 10.2 Å². The molecule has 1 aromatic carbocycles. The van der Waals surface area contributed by atoms with Gasteiger partial charge in [-0.1, -0.05) is 61.4 Å². The summed E-state index contributed by atoms with van der Waals surface area (Å²) in [5, 5.41) is 11.9. The summed E-state index contributed by atoms with van der Waals surface area (Å²) in [5.41, 5.74) is 0.821. The first-order valence-corrected chi connectivity index (χ1v) is 9.44. The standard InChI is InChI=1S/C18H21Cl2N3O2/c19-13-9-8-12(15(20)11-13)10-16-22-23-18(25-16)17(24)21-14-6-4-2-1-3-5-7-14/h8-9,11,14H,1-7,10H2,(H,21,24). The lowest BCUT2D eigenvalue weighted by Crippen LogP contribution is -2.35. The average Bonchev–Trinajstić information content (AvgIpc) is 3.01. The van der Waals surface area contributed by atoms with Gasteiger partial charge in [-0.2, -0.15) is 0 Å². The molecule has 1 heterocycles. The number of nitrogens with zero attached hydrogens (tertiary/aromatic N) is 2. The fourth-order valence-electron chi connectivity index (χ4n) is 3.09. The summed E-state index contributed by atoms with van der Waals surface area (Å²) in [6.45, 7) is 0. The zero-order valence-electron chi connectivity index (χ0n) is 13.9. The van der Waals surface area contributed by atoms with Crippen LogP contribution in [0.25, 0.3) is 0 Å². The van der Waals surface area contributed by atoms with Crippen LogP contribution in [-0.4, -0.2) is 22.1 Å². The van der Waals surface area contributed by atoms with E-state index in [1.165, 1.54) is 19.3 Å². The highest BCUT2D eigenvalue weighted by Crippen LogP contribution is 2.23. The molecule has 1 amide bonds. The molecular formula is C18H21Cl2N3O2. The molecule has 1 N–H and O–H groups in total. The van der Waals surface area contributed by atoms with Crippen molar-refractivity contribution in [3.8, 4) is 0 Å². The van der Waals surface area contributed by atoms with Gasteiger partial charge in [0.05, 0.1) is 6.42 Å². The highest BCUT2D eigenvalue weighted by atomic mass is 35.5. The molecule has 1 aliphatic carbocycles. The highest BCUT2D eigenvalue weighted by molar-refractivity contribution is 6.35. The predicted molar refractivity (Wildman–Crippen MR) is 97.1 cm³/mol. The quantitative estimate of drug-likeness (QED) is 0.824. The molecule has 134 valence electrons. The van der Waals surface area contributed by atoms with Crippen LogP contribution in [0.3, 0.4) is 0 Å². The van der Waals surface area contributed by atoms with Crippen molar-refractivity contribution >= 4 is 29.1 Å². The van der Waals surface area contributed by atoms with Gasteiger partial charge >= 0.3 is 11.8 Å². The maximum Gasteiger partial charge on any atom is 0.309 e. The summed E-state index contributed by atoms with van der Waals surface area (Å²) in [5.74, 6) is 0.0562. The molecule has 1 saturated carbocycles. The molecule has 1 aromatic heterocycles. The third-order valence-corrected chi connectivity index (χ3v) is 5.05. The zero-order valence-corrected chi connectivity index (χ0v) is 15.4. The topological polar surface area (TPSA) is 68.0 Å². The number of nitrogens with one attached hydrogen (secondary N) is 1. The molecule has 0 bridgehead atoms. The molecule has 2 aromatic rings. The Labute approximate surface area is 157 Å². The van der Waals surface area contributed by atoms with Crippen molar-refractivity contribution in [2.24, 2.45) is 0 Å². The summed E-state index contributed by atoms with van der Waals surface area (Å²) >= 11 is 12.0. The van der Waals surface area contributed by atoms with E-state index in [1.54, 1.807) is 12.1 Å². The number of halogens is 2. The number of hydrogen-bond donors (Lipinski definition) is 1. The molecule has 0 atom stereocenters. The maximum atomic E-state index is 12.3. The van der Waals surface area contributed by atoms with E-state index in [0.29, 0.717) is 22.4 Å². The van der Waals surface area contributed by atoms with Gasteiger partial charge in [-0.05, 0) is 30.5 Å². The van der Waals surface area contributed by atoms with Crippen molar-refractivity contribution in [3.63, 3.8) is 0 Å². The Morgan fingerprint density at radius 3 is 2.56 bits per heavy atom. The van der Waals surface area contributed by atoms with Crippen molar-refractivity contribution in [1.82, 2.24) is 15.5 Å². The Balaban J connectivity index is 1.61. The van der Waals surface area contributed by atoms with E-state index in [9.17, 15) is 4.79 Å². The predicted octanol–water partition coefficient (Wildman–Crippen LogP) is 4.81. The number of aromatic nitrogens is 2. The smallest absolute Gasteiger partial charge is 0.309 e. The first-order chi connectivity index (χ1) is 12.1. The maximum absolute atomic E-state index is 12.3. The Hall–Kier alpha value is -1.59. The molecule has 1 fully saturated rings. The highest BCUT2D eigenvalue weighted by Gasteiger charge is 2.20. The number of rotatable bonds is 4. The molecule has 7 heteroatoms. The fraction of sp³-hybridized carbons (Fsp3) is 0.500. The van der Waals surface area contributed by atoms with Gasteiger partial charge in [0.1, 0.15) is 0 Å². The van der Waals surface area contributed by atoms with Crippen molar-refractivity contribution in [1.29, 1.82) is 0 Å². The lowest BCUT2D eigenvalue weighted by molar-refractivity contribution is 0.0893. The van der Waals surface area contributed by atoms with Crippen LogP contribution in [0, 0.1) is 0 Å². The Morgan fingerprint density at radius 1 is 1.12 bits per heavy atom. The lowest BCUT2D eigenvalue weighted by atomic mass is 9.97. The van der Waals surface area contributed by atoms with Gasteiger partial charge in [0.15, 0.2) is 0 Å². The van der Waals surface area contributed by atoms with Crippen LogP contribution in [0.5, 0.6) is 0 Å². The molecule has 0 spiro atoms. The minimum Gasteiger partial charge on any atom is -0.417 e. The van der Waals surface area contributed by atoms with E-state index in [4.69, 9.17) is 27.6 Å². The Kier molecular flexibility index (Phi) is 6.32. The van der Waals surface area contributed by atoms with Gasteiger partial charge in [-0.3, -0.25) is 4.79 Å². The van der Waals surface area contributed by atoms with Crippen LogP contribution in [-0.2, 0) is 6.42 Å². The molecule has 0 unspecified atom stereocenters. The van der Waals surface area contributed by atoms with Crippen molar-refractivity contribution in [2.75, 3.05) is 0 Å². The second-order valence-electron chi connectivity index (χ2n) is 6.43. The third kappa shape index (κ3) is 5.19. The molecule has 0 aliphatic heterocycles. The molecular weight excluding hydrogens is 361 g/mol. The van der Waals surface area contributed by atoms with Gasteiger partial charge in [0.2, 0.25) is 5.89 Å². The SMILES string of the molecule is O=C(NC1CCCCCCC1)c1nnc(Cc2ccc(Cl)cc2Cl)o1. The van der Waals surface area contributed by atoms with Crippen molar-refractivity contribution in [2.45, 2.75) is 57.4 Å². The van der Waals surface area contributed by atoms with Gasteiger partial charge in [0.25, 0.3) is 0 Å². The molecule has 1 aliphatic rings. The van der Waals surface area contributed by atoms with E-state index in [2.05, 4.69) is 15.5 Å². The first-order valence-electron chi connectivity index (χ1n) is 8.69. The minimum atomic E-state index is -0.300. The number of carbonyl (C=O) groups is 1. The number of hydrogen-bond acceptors (Lipinski definition) is 4. The molecule has 25 heavy (non-hydrogen) atoms. The zero-order chi connectivity index (χ0) is 17.6. The summed E-state index contributed by atoms with van der Waals surface area (Å²) in [7, 11) is 0. The number of benzene rings is 1. The normalized spacial score (nSPS) is 16.2. The second-order valence-corrected chi connectivity index (χ2v) is 7.27. The average molecular weight is 382 g/mol. The molecule has 0 saturated heterocycles. The van der Waals surface area contributed by atoms with Crippen LogP contribution in [0.1, 0.15) is 67.1 Å². The van der Waals surface area contributed by atoms with E-state index in [0.717, 1.165) is 31.2 Å². The second kappa shape index (κ2) is 8.68. The third-order valence-electron chi connectivity index (χ3n) is 4.46. The van der Waals surface area contributed by atoms with Crippen LogP contribution in [0.2, 0.25) is 10.0 Å². The molecule has 0 radical (unpaired) electrons. The van der Waals surface area contributed by atoms with E-state index < -0.39 is 0 Å². The first kappa shape index (κ1) is 18.2. The van der Waals surface area contributed by atoms with Gasteiger partial charge < -0.3 is 9.73 Å². The summed E-state index contributed by atoms with van der Waals surface area (Å²) < 4.78 is 5.51. The number of carbonyl (C=O) groups excluding carboxylic acids is 1. The van der Waals surface area contributed by atoms with Gasteiger partial charge in [-0.25, -0.2) is 0 Å². The van der Waals surface area contributed by atoms with Crippen LogP contribution in [0.15, 0.2) is 22.6 Å². The Bertz CT molecular complexity index is 725. The molecule has 3 rings (SSSR count). The van der Waals surface area contributed by atoms with E-state index in [-0.39, 0.29) is 17.8 Å². The summed E-state index contributed by atoms with van der Waals surface area (Å²) in [6, 6.07) is 5.41. The number of amides is 1. The minimum absolute atomic E-state index is 0.00199.